The maximum absolute atomic E-state index is 12.7. The molecular formula is C20H26BClN6O2S. The molecule has 1 heterocycles. The first-order valence-corrected chi connectivity index (χ1v) is 10.7. The number of thiol groups is 1. The van der Waals surface area contributed by atoms with Gasteiger partial charge in [0.2, 0.25) is 11.9 Å². The number of aromatic nitrogens is 2. The fourth-order valence-electron chi connectivity index (χ4n) is 2.70. The van der Waals surface area contributed by atoms with Crippen molar-refractivity contribution in [3.8, 4) is 0 Å². The van der Waals surface area contributed by atoms with E-state index in [4.69, 9.17) is 11.6 Å². The minimum absolute atomic E-state index is 0.134. The van der Waals surface area contributed by atoms with Gasteiger partial charge in [0.1, 0.15) is 0 Å². The van der Waals surface area contributed by atoms with E-state index in [1.165, 1.54) is 6.08 Å². The number of carbonyl (C=O) groups excluding carboxylic acids is 2. The molecule has 1 aromatic heterocycles. The van der Waals surface area contributed by atoms with E-state index in [-0.39, 0.29) is 17.7 Å². The van der Waals surface area contributed by atoms with E-state index in [1.54, 1.807) is 29.2 Å². The van der Waals surface area contributed by atoms with Crippen LogP contribution in [0.15, 0.2) is 36.9 Å². The zero-order valence-corrected chi connectivity index (χ0v) is 19.5. The van der Waals surface area contributed by atoms with Gasteiger partial charge in [-0.25, -0.2) is 4.98 Å². The van der Waals surface area contributed by atoms with E-state index < -0.39 is 0 Å². The Kier molecular flexibility index (Phi) is 9.20. The summed E-state index contributed by atoms with van der Waals surface area (Å²) in [6.45, 7) is 4.50. The third-order valence-electron chi connectivity index (χ3n) is 4.35. The quantitative estimate of drug-likeness (QED) is 0.163. The number of anilines is 3. The van der Waals surface area contributed by atoms with Gasteiger partial charge in [0.05, 0.1) is 10.9 Å². The Bertz CT molecular complexity index is 942. The number of benzene rings is 1. The van der Waals surface area contributed by atoms with E-state index in [9.17, 15) is 9.59 Å². The maximum atomic E-state index is 12.7. The molecule has 8 nitrogen and oxygen atoms in total. The lowest BCUT2D eigenvalue weighted by atomic mass is 10.0. The van der Waals surface area contributed by atoms with Crippen molar-refractivity contribution in [1.82, 2.24) is 14.9 Å². The lowest BCUT2D eigenvalue weighted by Crippen LogP contribution is -2.32. The molecule has 164 valence electrons. The minimum Gasteiger partial charge on any atom is -0.361 e. The van der Waals surface area contributed by atoms with Crippen LogP contribution in [0.5, 0.6) is 0 Å². The Morgan fingerprint density at radius 2 is 1.94 bits per heavy atom. The van der Waals surface area contributed by atoms with Crippen molar-refractivity contribution in [2.75, 3.05) is 48.6 Å². The van der Waals surface area contributed by atoms with E-state index >= 15 is 0 Å². The topological polar surface area (TPSA) is 90.5 Å². The predicted octanol–water partition coefficient (Wildman–Crippen LogP) is 1.41. The smallest absolute Gasteiger partial charge is 0.254 e. The highest BCUT2D eigenvalue weighted by Gasteiger charge is 2.15. The molecule has 0 radical (unpaired) electrons. The van der Waals surface area contributed by atoms with Crippen LogP contribution in [-0.2, 0) is 4.79 Å². The van der Waals surface area contributed by atoms with Gasteiger partial charge in [-0.05, 0) is 36.8 Å². The first-order valence-electron chi connectivity index (χ1n) is 9.65. The lowest BCUT2D eigenvalue weighted by molar-refractivity contribution is -0.111. The molecule has 0 saturated heterocycles. The molecule has 1 aromatic carbocycles. The fraction of sp³-hybridized carbons (Fsp3) is 0.300. The number of nitrogens with zero attached hydrogens (tertiary/aromatic N) is 4. The summed E-state index contributed by atoms with van der Waals surface area (Å²) in [5.74, 6) is 0.990. The van der Waals surface area contributed by atoms with Gasteiger partial charge in [0, 0.05) is 44.0 Å². The predicted molar refractivity (Wildman–Crippen MR) is 133 cm³/mol. The Labute approximate surface area is 193 Å². The first-order chi connectivity index (χ1) is 14.8. The third-order valence-corrected chi connectivity index (χ3v) is 5.14. The van der Waals surface area contributed by atoms with Crippen molar-refractivity contribution >= 4 is 66.9 Å². The summed E-state index contributed by atoms with van der Waals surface area (Å²) in [6, 6.07) is 6.69. The number of rotatable bonds is 10. The average Bonchev–Trinajstić information content (AvgIpc) is 2.75. The van der Waals surface area contributed by atoms with Crippen molar-refractivity contribution in [3.63, 3.8) is 0 Å². The zero-order valence-electron chi connectivity index (χ0n) is 17.9. The van der Waals surface area contributed by atoms with Crippen LogP contribution < -0.4 is 21.1 Å². The van der Waals surface area contributed by atoms with Crippen molar-refractivity contribution < 1.29 is 9.59 Å². The van der Waals surface area contributed by atoms with Crippen molar-refractivity contribution in [3.05, 3.63) is 47.5 Å². The van der Waals surface area contributed by atoms with Gasteiger partial charge in [0.25, 0.3) is 5.91 Å². The number of hydrogen-bond donors (Lipinski definition) is 3. The van der Waals surface area contributed by atoms with Crippen molar-refractivity contribution in [1.29, 1.82) is 0 Å². The maximum Gasteiger partial charge on any atom is 0.254 e. The highest BCUT2D eigenvalue weighted by molar-refractivity contribution is 7.80. The Morgan fingerprint density at radius 1 is 1.26 bits per heavy atom. The number of nitrogens with one attached hydrogen (secondary N) is 2. The molecular weight excluding hydrogens is 435 g/mol. The summed E-state index contributed by atoms with van der Waals surface area (Å²) in [4.78, 5) is 36.3. The molecule has 0 bridgehead atoms. The van der Waals surface area contributed by atoms with E-state index in [0.717, 1.165) is 0 Å². The normalized spacial score (nSPS) is 10.3. The molecule has 31 heavy (non-hydrogen) atoms. The number of amides is 2. The molecule has 0 fully saturated rings. The van der Waals surface area contributed by atoms with Gasteiger partial charge >= 0.3 is 0 Å². The SMILES string of the molecule is Bc1nc(NCCCN(CS)C(=O)c2ccc(NC(=O)C=C)cc2)nc(N(C)C)c1Cl. The molecule has 0 spiro atoms. The summed E-state index contributed by atoms with van der Waals surface area (Å²) >= 11 is 10.5. The average molecular weight is 461 g/mol. The highest BCUT2D eigenvalue weighted by Crippen LogP contribution is 2.19. The van der Waals surface area contributed by atoms with Gasteiger partial charge in [0.15, 0.2) is 13.7 Å². The van der Waals surface area contributed by atoms with E-state index in [1.807, 2.05) is 26.8 Å². The largest absolute Gasteiger partial charge is 0.361 e. The summed E-state index contributed by atoms with van der Waals surface area (Å²) < 4.78 is 0. The number of hydrogen-bond acceptors (Lipinski definition) is 7. The van der Waals surface area contributed by atoms with E-state index in [0.29, 0.717) is 53.1 Å². The summed E-state index contributed by atoms with van der Waals surface area (Å²) in [7, 11) is 5.57. The Balaban J connectivity index is 1.91. The zero-order chi connectivity index (χ0) is 23.0. The second kappa shape index (κ2) is 11.6. The standard InChI is InChI=1S/C20H26BClN6O2S/c1-4-15(29)24-14-8-6-13(7-9-14)19(30)28(12-31)11-5-10-23-20-25-17(21)16(22)18(26-20)27(2)3/h4,6-9,31H,1,5,10-12,21H2,2-3H3,(H,24,29)(H,23,25,26). The summed E-state index contributed by atoms with van der Waals surface area (Å²) in [5.41, 5.74) is 1.81. The Morgan fingerprint density at radius 3 is 2.52 bits per heavy atom. The third kappa shape index (κ3) is 6.90. The monoisotopic (exact) mass is 460 g/mol. The fourth-order valence-corrected chi connectivity index (χ4v) is 3.22. The van der Waals surface area contributed by atoms with Crippen LogP contribution in [0.1, 0.15) is 16.8 Å². The van der Waals surface area contributed by atoms with Crippen LogP contribution in [0.3, 0.4) is 0 Å². The van der Waals surface area contributed by atoms with Crippen LogP contribution in [0.25, 0.3) is 0 Å². The van der Waals surface area contributed by atoms with Crippen LogP contribution in [0.4, 0.5) is 17.5 Å². The van der Waals surface area contributed by atoms with E-state index in [2.05, 4.69) is 39.8 Å². The summed E-state index contributed by atoms with van der Waals surface area (Å²) in [5, 5.41) is 6.35. The Hall–Kier alpha value is -2.72. The molecule has 0 aliphatic heterocycles. The van der Waals surface area contributed by atoms with Gasteiger partial charge in [-0.3, -0.25) is 9.59 Å². The van der Waals surface area contributed by atoms with Gasteiger partial charge in [-0.2, -0.15) is 17.6 Å². The van der Waals surface area contributed by atoms with Crippen LogP contribution in [0.2, 0.25) is 5.02 Å². The molecule has 11 heteroatoms. The molecule has 0 aliphatic rings. The molecule has 0 aliphatic carbocycles. The van der Waals surface area contributed by atoms with Crippen LogP contribution in [-0.4, -0.2) is 67.6 Å². The molecule has 2 amide bonds. The second-order valence-corrected chi connectivity index (χ2v) is 7.59. The highest BCUT2D eigenvalue weighted by atomic mass is 35.5. The molecule has 2 N–H and O–H groups in total. The molecule has 0 atom stereocenters. The molecule has 0 saturated carbocycles. The summed E-state index contributed by atoms with van der Waals surface area (Å²) in [6.07, 6.45) is 1.87. The molecule has 2 aromatic rings. The number of carbonyl (C=O) groups is 2. The van der Waals surface area contributed by atoms with Crippen molar-refractivity contribution in [2.24, 2.45) is 0 Å². The van der Waals surface area contributed by atoms with Crippen LogP contribution in [0, 0.1) is 0 Å². The first kappa shape index (κ1) is 24.6. The van der Waals surface area contributed by atoms with Crippen molar-refractivity contribution in [2.45, 2.75) is 6.42 Å². The van der Waals surface area contributed by atoms with Gasteiger partial charge in [-0.15, -0.1) is 0 Å². The van der Waals surface area contributed by atoms with Gasteiger partial charge in [-0.1, -0.05) is 18.2 Å². The molecule has 0 unspecified atom stereocenters. The van der Waals surface area contributed by atoms with Crippen LogP contribution >= 0.6 is 24.2 Å². The second-order valence-electron chi connectivity index (χ2n) is 6.93. The lowest BCUT2D eigenvalue weighted by Gasteiger charge is -2.21. The minimum atomic E-state index is -0.305. The number of halogens is 1. The molecule has 2 rings (SSSR count). The van der Waals surface area contributed by atoms with Gasteiger partial charge < -0.3 is 20.4 Å².